The van der Waals surface area contributed by atoms with Crippen LogP contribution in [0.15, 0.2) is 28.7 Å². The van der Waals surface area contributed by atoms with E-state index in [1.54, 1.807) is 12.1 Å². The van der Waals surface area contributed by atoms with E-state index < -0.39 is 21.8 Å². The van der Waals surface area contributed by atoms with E-state index in [0.29, 0.717) is 12.1 Å². The second kappa shape index (κ2) is 5.76. The van der Waals surface area contributed by atoms with E-state index in [0.717, 1.165) is 4.47 Å². The zero-order chi connectivity index (χ0) is 15.7. The van der Waals surface area contributed by atoms with Crippen molar-refractivity contribution >= 4 is 31.7 Å². The fourth-order valence-electron chi connectivity index (χ4n) is 2.15. The molecule has 1 aliphatic heterocycles. The SMILES string of the molecule is O=C(NC1CCS(=O)(=O)C1)c1nnn(-c2ccc(Br)cc2)n1. The van der Waals surface area contributed by atoms with Crippen molar-refractivity contribution in [2.75, 3.05) is 11.5 Å². The van der Waals surface area contributed by atoms with Crippen LogP contribution in [-0.2, 0) is 9.84 Å². The number of amides is 1. The number of nitrogens with one attached hydrogen (secondary N) is 1. The molecule has 10 heteroatoms. The highest BCUT2D eigenvalue weighted by Crippen LogP contribution is 2.13. The third-order valence-corrected chi connectivity index (χ3v) is 5.54. The molecule has 3 rings (SSSR count). The van der Waals surface area contributed by atoms with Crippen molar-refractivity contribution in [3.05, 3.63) is 34.6 Å². The number of sulfone groups is 1. The zero-order valence-corrected chi connectivity index (χ0v) is 13.7. The summed E-state index contributed by atoms with van der Waals surface area (Å²) in [5.41, 5.74) is 0.665. The summed E-state index contributed by atoms with van der Waals surface area (Å²) in [6.07, 6.45) is 0.412. The molecule has 0 aliphatic carbocycles. The largest absolute Gasteiger partial charge is 0.345 e. The van der Waals surface area contributed by atoms with Gasteiger partial charge in [0.05, 0.1) is 17.2 Å². The van der Waals surface area contributed by atoms with E-state index in [1.807, 2.05) is 12.1 Å². The highest BCUT2D eigenvalue weighted by molar-refractivity contribution is 9.10. The molecule has 1 saturated heterocycles. The first-order valence-corrected chi connectivity index (χ1v) is 9.12. The van der Waals surface area contributed by atoms with Crippen LogP contribution in [-0.4, -0.2) is 52.1 Å². The Morgan fingerprint density at radius 1 is 1.32 bits per heavy atom. The van der Waals surface area contributed by atoms with Gasteiger partial charge in [0.25, 0.3) is 11.7 Å². The van der Waals surface area contributed by atoms with Gasteiger partial charge in [-0.15, -0.1) is 15.0 Å². The molecular formula is C12H12BrN5O3S. The molecule has 1 unspecified atom stereocenters. The molecule has 0 bridgehead atoms. The lowest BCUT2D eigenvalue weighted by Crippen LogP contribution is -2.36. The Balaban J connectivity index is 1.71. The van der Waals surface area contributed by atoms with E-state index in [-0.39, 0.29) is 17.3 Å². The first-order chi connectivity index (χ1) is 10.4. The summed E-state index contributed by atoms with van der Waals surface area (Å²) in [5, 5.41) is 14.2. The van der Waals surface area contributed by atoms with Gasteiger partial charge in [-0.05, 0) is 35.9 Å². The molecule has 1 atom stereocenters. The summed E-state index contributed by atoms with van der Waals surface area (Å²) >= 11 is 3.33. The van der Waals surface area contributed by atoms with Crippen molar-refractivity contribution in [1.82, 2.24) is 25.5 Å². The second-order valence-corrected chi connectivity index (χ2v) is 8.10. The van der Waals surface area contributed by atoms with Gasteiger partial charge in [-0.2, -0.15) is 0 Å². The number of aromatic nitrogens is 4. The minimum absolute atomic E-state index is 0.0421. The predicted molar refractivity (Wildman–Crippen MR) is 81.4 cm³/mol. The molecule has 1 aliphatic rings. The van der Waals surface area contributed by atoms with Gasteiger partial charge < -0.3 is 5.32 Å². The minimum atomic E-state index is -3.05. The van der Waals surface area contributed by atoms with Gasteiger partial charge >= 0.3 is 0 Å². The third-order valence-electron chi connectivity index (χ3n) is 3.24. The van der Waals surface area contributed by atoms with Crippen LogP contribution in [0.2, 0.25) is 0 Å². The van der Waals surface area contributed by atoms with Crippen LogP contribution < -0.4 is 5.32 Å². The van der Waals surface area contributed by atoms with Crippen LogP contribution in [0, 0.1) is 0 Å². The number of nitrogens with zero attached hydrogens (tertiary/aromatic N) is 4. The Bertz CT molecular complexity index is 802. The Kier molecular flexibility index (Phi) is 3.96. The fraction of sp³-hybridized carbons (Fsp3) is 0.333. The number of hydrogen-bond acceptors (Lipinski definition) is 6. The van der Waals surface area contributed by atoms with E-state index in [9.17, 15) is 13.2 Å². The maximum absolute atomic E-state index is 12.0. The van der Waals surface area contributed by atoms with Crippen molar-refractivity contribution in [3.8, 4) is 5.69 Å². The number of halogens is 1. The standard InChI is InChI=1S/C12H12BrN5O3S/c13-8-1-3-10(4-2-8)18-16-11(15-17-18)12(19)14-9-5-6-22(20,21)7-9/h1-4,9H,5-7H2,(H,14,19). The van der Waals surface area contributed by atoms with Crippen molar-refractivity contribution in [2.24, 2.45) is 0 Å². The quantitative estimate of drug-likeness (QED) is 0.816. The zero-order valence-electron chi connectivity index (χ0n) is 11.3. The first kappa shape index (κ1) is 15.1. The van der Waals surface area contributed by atoms with Crippen LogP contribution in [0.25, 0.3) is 5.69 Å². The number of rotatable bonds is 3. The van der Waals surface area contributed by atoms with Gasteiger partial charge in [0.15, 0.2) is 9.84 Å². The van der Waals surface area contributed by atoms with Crippen LogP contribution in [0.1, 0.15) is 17.0 Å². The van der Waals surface area contributed by atoms with Crippen LogP contribution in [0.4, 0.5) is 0 Å². The van der Waals surface area contributed by atoms with Crippen molar-refractivity contribution in [2.45, 2.75) is 12.5 Å². The normalized spacial score (nSPS) is 20.0. The van der Waals surface area contributed by atoms with E-state index >= 15 is 0 Å². The number of hydrogen-bond donors (Lipinski definition) is 1. The summed E-state index contributed by atoms with van der Waals surface area (Å²) < 4.78 is 23.7. The van der Waals surface area contributed by atoms with Gasteiger partial charge in [-0.3, -0.25) is 4.79 Å². The van der Waals surface area contributed by atoms with Gasteiger partial charge in [0.2, 0.25) is 0 Å². The first-order valence-electron chi connectivity index (χ1n) is 6.50. The maximum Gasteiger partial charge on any atom is 0.293 e. The average molecular weight is 386 g/mol. The summed E-state index contributed by atoms with van der Waals surface area (Å²) in [4.78, 5) is 13.3. The number of benzene rings is 1. The molecule has 2 heterocycles. The van der Waals surface area contributed by atoms with Crippen LogP contribution in [0.3, 0.4) is 0 Å². The molecule has 8 nitrogen and oxygen atoms in total. The molecule has 22 heavy (non-hydrogen) atoms. The lowest BCUT2D eigenvalue weighted by molar-refractivity contribution is 0.0930. The summed E-state index contributed by atoms with van der Waals surface area (Å²) in [7, 11) is -3.05. The van der Waals surface area contributed by atoms with E-state index in [4.69, 9.17) is 0 Å². The van der Waals surface area contributed by atoms with Gasteiger partial charge in [0, 0.05) is 10.5 Å². The van der Waals surface area contributed by atoms with Crippen LogP contribution in [0.5, 0.6) is 0 Å². The Morgan fingerprint density at radius 3 is 2.68 bits per heavy atom. The summed E-state index contributed by atoms with van der Waals surface area (Å²) in [5.74, 6) is -0.561. The molecular weight excluding hydrogens is 374 g/mol. The lowest BCUT2D eigenvalue weighted by Gasteiger charge is -2.07. The topological polar surface area (TPSA) is 107 Å². The van der Waals surface area contributed by atoms with Crippen molar-refractivity contribution in [1.29, 1.82) is 0 Å². The molecule has 1 aromatic carbocycles. The molecule has 116 valence electrons. The van der Waals surface area contributed by atoms with Gasteiger partial charge in [0.1, 0.15) is 0 Å². The predicted octanol–water partition coefficient (Wildman–Crippen LogP) is 0.342. The highest BCUT2D eigenvalue weighted by Gasteiger charge is 2.30. The van der Waals surface area contributed by atoms with Crippen molar-refractivity contribution in [3.63, 3.8) is 0 Å². The minimum Gasteiger partial charge on any atom is -0.345 e. The molecule has 1 amide bonds. The van der Waals surface area contributed by atoms with Crippen LogP contribution >= 0.6 is 15.9 Å². The van der Waals surface area contributed by atoms with E-state index in [1.165, 1.54) is 4.80 Å². The molecule has 1 aromatic heterocycles. The number of carbonyl (C=O) groups excluding carboxylic acids is 1. The third kappa shape index (κ3) is 3.33. The Hall–Kier alpha value is -1.81. The Labute approximate surface area is 134 Å². The highest BCUT2D eigenvalue weighted by atomic mass is 79.9. The molecule has 1 N–H and O–H groups in total. The molecule has 0 saturated carbocycles. The lowest BCUT2D eigenvalue weighted by atomic mass is 10.2. The number of tetrazole rings is 1. The smallest absolute Gasteiger partial charge is 0.293 e. The number of carbonyl (C=O) groups is 1. The molecule has 1 fully saturated rings. The maximum atomic E-state index is 12.0. The fourth-order valence-corrected chi connectivity index (χ4v) is 4.09. The second-order valence-electron chi connectivity index (χ2n) is 4.95. The average Bonchev–Trinajstić information content (AvgIpc) is 3.06. The molecule has 2 aromatic rings. The van der Waals surface area contributed by atoms with Gasteiger partial charge in [-0.25, -0.2) is 8.42 Å². The van der Waals surface area contributed by atoms with E-state index in [2.05, 4.69) is 36.7 Å². The monoisotopic (exact) mass is 385 g/mol. The molecule has 0 radical (unpaired) electrons. The summed E-state index contributed by atoms with van der Waals surface area (Å²) in [6.45, 7) is 0. The summed E-state index contributed by atoms with van der Waals surface area (Å²) in [6, 6.07) is 6.80. The van der Waals surface area contributed by atoms with Gasteiger partial charge in [-0.1, -0.05) is 15.9 Å². The Morgan fingerprint density at radius 2 is 2.05 bits per heavy atom. The molecule has 0 spiro atoms. The van der Waals surface area contributed by atoms with Crippen molar-refractivity contribution < 1.29 is 13.2 Å².